The number of ether oxygens (including phenoxy) is 1. The van der Waals surface area contributed by atoms with Gasteiger partial charge >= 0.3 is 6.09 Å². The number of benzene rings is 2. The summed E-state index contributed by atoms with van der Waals surface area (Å²) in [5, 5.41) is 13.3. The number of rotatable bonds is 4. The molecule has 36 heavy (non-hydrogen) atoms. The monoisotopic (exact) mass is 485 g/mol. The molecule has 1 atom stereocenters. The number of aromatic nitrogens is 1. The minimum absolute atomic E-state index is 0.0294. The van der Waals surface area contributed by atoms with Crippen molar-refractivity contribution in [3.63, 3.8) is 0 Å². The number of hydrogen-bond donors (Lipinski definition) is 1. The number of likely N-dealkylation sites (tertiary alicyclic amines) is 2. The van der Waals surface area contributed by atoms with Crippen LogP contribution >= 0.6 is 0 Å². The van der Waals surface area contributed by atoms with Gasteiger partial charge in [-0.25, -0.2) is 4.79 Å². The van der Waals surface area contributed by atoms with Crippen molar-refractivity contribution in [2.75, 3.05) is 19.7 Å². The summed E-state index contributed by atoms with van der Waals surface area (Å²) in [6, 6.07) is 17.4. The molecular weight excluding hydrogens is 458 g/mol. The minimum Gasteiger partial charge on any atom is -0.507 e. The van der Waals surface area contributed by atoms with Crippen LogP contribution in [0.3, 0.4) is 0 Å². The summed E-state index contributed by atoms with van der Waals surface area (Å²) in [4.78, 5) is 46.5. The van der Waals surface area contributed by atoms with E-state index in [0.29, 0.717) is 43.8 Å². The number of amides is 2. The largest absolute Gasteiger partial charge is 0.507 e. The molecule has 1 aromatic heterocycles. The van der Waals surface area contributed by atoms with Crippen molar-refractivity contribution >= 4 is 34.3 Å². The fourth-order valence-corrected chi connectivity index (χ4v) is 5.09. The number of carbonyl (C=O) groups excluding carboxylic acids is 3. The topological polar surface area (TPSA) is 100 Å². The van der Waals surface area contributed by atoms with Crippen molar-refractivity contribution < 1.29 is 24.2 Å². The lowest BCUT2D eigenvalue weighted by atomic mass is 9.95. The molecule has 2 amide bonds. The Morgan fingerprint density at radius 3 is 2.44 bits per heavy atom. The van der Waals surface area contributed by atoms with E-state index in [4.69, 9.17) is 4.74 Å². The second-order valence-corrected chi connectivity index (χ2v) is 8.94. The van der Waals surface area contributed by atoms with Crippen LogP contribution in [0.2, 0.25) is 0 Å². The van der Waals surface area contributed by atoms with Crippen LogP contribution in [0.5, 0.6) is 0 Å². The Balaban J connectivity index is 1.54. The second-order valence-electron chi connectivity index (χ2n) is 8.94. The van der Waals surface area contributed by atoms with Gasteiger partial charge in [0.05, 0.1) is 17.9 Å². The van der Waals surface area contributed by atoms with E-state index in [1.807, 2.05) is 36.4 Å². The molecule has 0 aliphatic carbocycles. The van der Waals surface area contributed by atoms with Gasteiger partial charge in [0.15, 0.2) is 0 Å². The predicted octanol–water partition coefficient (Wildman–Crippen LogP) is 4.28. The maximum atomic E-state index is 13.4. The highest BCUT2D eigenvalue weighted by atomic mass is 16.6. The lowest BCUT2D eigenvalue weighted by Crippen LogP contribution is -2.48. The number of aliphatic hydroxyl groups is 1. The minimum atomic E-state index is -0.822. The first-order valence-electron chi connectivity index (χ1n) is 12.1. The molecule has 184 valence electrons. The Morgan fingerprint density at radius 2 is 1.75 bits per heavy atom. The highest BCUT2D eigenvalue weighted by molar-refractivity contribution is 6.46. The van der Waals surface area contributed by atoms with Gasteiger partial charge in [-0.15, -0.1) is 0 Å². The first-order valence-corrected chi connectivity index (χ1v) is 12.1. The third kappa shape index (κ3) is 4.19. The summed E-state index contributed by atoms with van der Waals surface area (Å²) in [5.74, 6) is -1.62. The number of ketones is 1. The van der Waals surface area contributed by atoms with Crippen LogP contribution in [0.4, 0.5) is 4.79 Å². The van der Waals surface area contributed by atoms with Gasteiger partial charge in [-0.3, -0.25) is 14.6 Å². The Labute approximate surface area is 208 Å². The van der Waals surface area contributed by atoms with E-state index in [1.54, 1.807) is 47.2 Å². The van der Waals surface area contributed by atoms with E-state index in [-0.39, 0.29) is 23.5 Å². The Morgan fingerprint density at radius 1 is 1.03 bits per heavy atom. The zero-order chi connectivity index (χ0) is 25.2. The van der Waals surface area contributed by atoms with Crippen LogP contribution in [-0.4, -0.2) is 63.4 Å². The van der Waals surface area contributed by atoms with Crippen molar-refractivity contribution in [2.45, 2.75) is 31.8 Å². The molecule has 0 radical (unpaired) electrons. The van der Waals surface area contributed by atoms with Crippen molar-refractivity contribution in [3.8, 4) is 0 Å². The summed E-state index contributed by atoms with van der Waals surface area (Å²) >= 11 is 0. The van der Waals surface area contributed by atoms with Gasteiger partial charge in [0.1, 0.15) is 11.8 Å². The fourth-order valence-electron chi connectivity index (χ4n) is 5.09. The molecule has 8 nitrogen and oxygen atoms in total. The van der Waals surface area contributed by atoms with Gasteiger partial charge in [-0.05, 0) is 48.7 Å². The van der Waals surface area contributed by atoms with Gasteiger partial charge in [0.2, 0.25) is 0 Å². The van der Waals surface area contributed by atoms with Crippen molar-refractivity contribution in [2.24, 2.45) is 0 Å². The molecule has 3 aromatic rings. The van der Waals surface area contributed by atoms with Crippen LogP contribution < -0.4 is 0 Å². The Bertz CT molecular complexity index is 1350. The van der Waals surface area contributed by atoms with Crippen molar-refractivity contribution in [3.05, 3.63) is 83.7 Å². The normalized spacial score (nSPS) is 20.2. The Kier molecular flexibility index (Phi) is 6.41. The van der Waals surface area contributed by atoms with E-state index in [9.17, 15) is 19.5 Å². The lowest BCUT2D eigenvalue weighted by Gasteiger charge is -2.38. The summed E-state index contributed by atoms with van der Waals surface area (Å²) in [7, 11) is 0. The zero-order valence-electron chi connectivity index (χ0n) is 20.0. The molecule has 2 aliphatic rings. The van der Waals surface area contributed by atoms with Crippen molar-refractivity contribution in [1.29, 1.82) is 0 Å². The highest BCUT2D eigenvalue weighted by Crippen LogP contribution is 2.41. The first kappa shape index (κ1) is 23.5. The zero-order valence-corrected chi connectivity index (χ0v) is 20.0. The van der Waals surface area contributed by atoms with Crippen LogP contribution in [0, 0.1) is 0 Å². The number of Topliss-reactive ketones (excluding diaryl/α,β-unsaturated/α-hetero) is 1. The fraction of sp³-hybridized carbons (Fsp3) is 0.286. The van der Waals surface area contributed by atoms with E-state index in [2.05, 4.69) is 4.98 Å². The van der Waals surface area contributed by atoms with E-state index in [1.165, 1.54) is 0 Å². The number of carbonyl (C=O) groups is 3. The SMILES string of the molecule is CCOC(=O)N1CCC(N2C(=O)C(=O)/C(=C(\O)c3ccc4ccccc4c3)C2c2ccccn2)CC1. The average Bonchev–Trinajstić information content (AvgIpc) is 3.18. The average molecular weight is 486 g/mol. The molecule has 2 saturated heterocycles. The molecule has 2 fully saturated rings. The molecule has 2 aromatic carbocycles. The molecule has 1 unspecified atom stereocenters. The third-order valence-corrected chi connectivity index (χ3v) is 6.85. The molecule has 5 rings (SSSR count). The summed E-state index contributed by atoms with van der Waals surface area (Å²) < 4.78 is 5.10. The standard InChI is InChI=1S/C28H27N3O5/c1-2-36-28(35)30-15-12-21(13-16-30)31-24(22-9-5-6-14-29-22)23(26(33)27(31)34)25(32)20-11-10-18-7-3-4-8-19(18)17-20/h3-11,14,17,21,24,32H,2,12-13,15-16H2,1H3/b25-23-. The number of hydrogen-bond acceptors (Lipinski definition) is 6. The number of pyridine rings is 1. The number of aliphatic hydroxyl groups excluding tert-OH is 1. The van der Waals surface area contributed by atoms with Gasteiger partial charge in [0, 0.05) is 30.9 Å². The van der Waals surface area contributed by atoms with E-state index < -0.39 is 17.7 Å². The predicted molar refractivity (Wildman–Crippen MR) is 134 cm³/mol. The molecule has 0 saturated carbocycles. The van der Waals surface area contributed by atoms with E-state index >= 15 is 0 Å². The molecule has 0 spiro atoms. The van der Waals surface area contributed by atoms with Gasteiger partial charge in [-0.2, -0.15) is 0 Å². The molecule has 0 bridgehead atoms. The summed E-state index contributed by atoms with van der Waals surface area (Å²) in [6.45, 7) is 2.87. The third-order valence-electron chi connectivity index (χ3n) is 6.85. The summed E-state index contributed by atoms with van der Waals surface area (Å²) in [6.07, 6.45) is 2.21. The molecule has 3 heterocycles. The molecule has 8 heteroatoms. The molecule has 2 aliphatic heterocycles. The molecule has 1 N–H and O–H groups in total. The summed E-state index contributed by atoms with van der Waals surface area (Å²) in [5.41, 5.74) is 0.999. The van der Waals surface area contributed by atoms with Crippen LogP contribution in [0.15, 0.2) is 72.4 Å². The van der Waals surface area contributed by atoms with Crippen molar-refractivity contribution in [1.82, 2.24) is 14.8 Å². The van der Waals surface area contributed by atoms with Gasteiger partial charge < -0.3 is 19.6 Å². The second kappa shape index (κ2) is 9.81. The Hall–Kier alpha value is -4.20. The maximum absolute atomic E-state index is 13.4. The van der Waals surface area contributed by atoms with Gasteiger partial charge in [-0.1, -0.05) is 42.5 Å². The number of nitrogens with zero attached hydrogens (tertiary/aromatic N) is 3. The van der Waals surface area contributed by atoms with E-state index in [0.717, 1.165) is 10.8 Å². The highest BCUT2D eigenvalue weighted by Gasteiger charge is 2.50. The van der Waals surface area contributed by atoms with Crippen LogP contribution in [-0.2, 0) is 14.3 Å². The molecular formula is C28H27N3O5. The number of piperidine rings is 1. The van der Waals surface area contributed by atoms with Gasteiger partial charge in [0.25, 0.3) is 11.7 Å². The lowest BCUT2D eigenvalue weighted by molar-refractivity contribution is -0.142. The van der Waals surface area contributed by atoms with Crippen LogP contribution in [0.1, 0.15) is 37.1 Å². The number of fused-ring (bicyclic) bond motifs is 1. The first-order chi connectivity index (χ1) is 17.5. The smallest absolute Gasteiger partial charge is 0.409 e. The van der Waals surface area contributed by atoms with Crippen LogP contribution in [0.25, 0.3) is 16.5 Å². The quantitative estimate of drug-likeness (QED) is 0.336. The maximum Gasteiger partial charge on any atom is 0.409 e.